The first-order valence-electron chi connectivity index (χ1n) is 5.26. The first kappa shape index (κ1) is 12.9. The van der Waals surface area contributed by atoms with E-state index in [1.165, 1.54) is 6.20 Å². The van der Waals surface area contributed by atoms with Crippen molar-refractivity contribution in [3.63, 3.8) is 0 Å². The summed E-state index contributed by atoms with van der Waals surface area (Å²) in [5, 5.41) is 3.19. The van der Waals surface area contributed by atoms with Gasteiger partial charge in [0.2, 0.25) is 0 Å². The Hall–Kier alpha value is -1.52. The zero-order chi connectivity index (χ0) is 13.0. The lowest BCUT2D eigenvalue weighted by atomic mass is 10.2. The largest absolute Gasteiger partial charge is 0.321 e. The van der Waals surface area contributed by atoms with Gasteiger partial charge in [0.25, 0.3) is 5.91 Å². The molecule has 0 spiro atoms. The van der Waals surface area contributed by atoms with Crippen LogP contribution >= 0.6 is 23.4 Å². The van der Waals surface area contributed by atoms with Crippen LogP contribution in [0.2, 0.25) is 5.02 Å². The summed E-state index contributed by atoms with van der Waals surface area (Å²) in [6.07, 6.45) is 4.96. The van der Waals surface area contributed by atoms with Gasteiger partial charge in [-0.1, -0.05) is 23.7 Å². The number of aromatic nitrogens is 1. The minimum Gasteiger partial charge on any atom is -0.321 e. The van der Waals surface area contributed by atoms with Gasteiger partial charge >= 0.3 is 0 Å². The number of hydrogen-bond donors (Lipinski definition) is 1. The predicted octanol–water partition coefficient (Wildman–Crippen LogP) is 3.71. The van der Waals surface area contributed by atoms with Crippen LogP contribution in [0.4, 0.5) is 5.69 Å². The number of nitrogens with one attached hydrogen (secondary N) is 1. The van der Waals surface area contributed by atoms with Gasteiger partial charge in [0, 0.05) is 17.3 Å². The molecule has 1 amide bonds. The smallest absolute Gasteiger partial charge is 0.257 e. The fourth-order valence-electron chi connectivity index (χ4n) is 1.50. The Morgan fingerprint density at radius 1 is 1.33 bits per heavy atom. The number of nitrogens with zero attached hydrogens (tertiary/aromatic N) is 1. The zero-order valence-electron chi connectivity index (χ0n) is 9.68. The molecule has 0 fully saturated rings. The number of anilines is 1. The highest BCUT2D eigenvalue weighted by molar-refractivity contribution is 7.98. The van der Waals surface area contributed by atoms with E-state index in [1.807, 2.05) is 30.5 Å². The maximum Gasteiger partial charge on any atom is 0.257 e. The lowest BCUT2D eigenvalue weighted by molar-refractivity contribution is 0.102. The van der Waals surface area contributed by atoms with Crippen molar-refractivity contribution in [3.05, 3.63) is 53.3 Å². The van der Waals surface area contributed by atoms with E-state index >= 15 is 0 Å². The Bertz CT molecular complexity index is 574. The van der Waals surface area contributed by atoms with Crippen LogP contribution in [0.3, 0.4) is 0 Å². The predicted molar refractivity (Wildman–Crippen MR) is 75.4 cm³/mol. The van der Waals surface area contributed by atoms with Gasteiger partial charge in [0.1, 0.15) is 0 Å². The number of carbonyl (C=O) groups excluding carboxylic acids is 1. The van der Waals surface area contributed by atoms with E-state index in [4.69, 9.17) is 11.6 Å². The Balaban J connectivity index is 2.24. The normalized spacial score (nSPS) is 10.1. The molecule has 0 saturated carbocycles. The van der Waals surface area contributed by atoms with Gasteiger partial charge in [0.15, 0.2) is 0 Å². The Labute approximate surface area is 115 Å². The second-order valence-corrected chi connectivity index (χ2v) is 4.77. The summed E-state index contributed by atoms with van der Waals surface area (Å²) >= 11 is 7.51. The molecule has 1 aromatic heterocycles. The Morgan fingerprint density at radius 3 is 2.83 bits per heavy atom. The molecule has 1 N–H and O–H groups in total. The van der Waals surface area contributed by atoms with E-state index in [0.717, 1.165) is 10.6 Å². The molecule has 0 bridgehead atoms. The van der Waals surface area contributed by atoms with Crippen LogP contribution in [0.5, 0.6) is 0 Å². The van der Waals surface area contributed by atoms with Gasteiger partial charge in [-0.25, -0.2) is 0 Å². The lowest BCUT2D eigenvalue weighted by Gasteiger charge is -2.09. The number of amides is 1. The second kappa shape index (κ2) is 5.89. The highest BCUT2D eigenvalue weighted by Gasteiger charge is 2.11. The molecule has 0 aliphatic carbocycles. The topological polar surface area (TPSA) is 42.0 Å². The maximum atomic E-state index is 12.1. The summed E-state index contributed by atoms with van der Waals surface area (Å²) in [7, 11) is 0. The van der Waals surface area contributed by atoms with Crippen molar-refractivity contribution in [2.45, 2.75) is 4.90 Å². The van der Waals surface area contributed by atoms with E-state index in [9.17, 15) is 4.79 Å². The maximum absolute atomic E-state index is 12.1. The number of hydrogen-bond acceptors (Lipinski definition) is 3. The van der Waals surface area contributed by atoms with Crippen LogP contribution in [0.25, 0.3) is 0 Å². The van der Waals surface area contributed by atoms with Crippen LogP contribution in [0.15, 0.2) is 47.6 Å². The monoisotopic (exact) mass is 278 g/mol. The number of pyridine rings is 1. The summed E-state index contributed by atoms with van der Waals surface area (Å²) in [5.74, 6) is -0.232. The van der Waals surface area contributed by atoms with Crippen molar-refractivity contribution in [2.24, 2.45) is 0 Å². The molecular formula is C13H11ClN2OS. The summed E-state index contributed by atoms with van der Waals surface area (Å²) in [6.45, 7) is 0. The average Bonchev–Trinajstić information content (AvgIpc) is 2.39. The van der Waals surface area contributed by atoms with Crippen molar-refractivity contribution < 1.29 is 4.79 Å². The number of thioether (sulfide) groups is 1. The highest BCUT2D eigenvalue weighted by Crippen LogP contribution is 2.25. The van der Waals surface area contributed by atoms with Crippen LogP contribution in [-0.4, -0.2) is 17.1 Å². The number of benzene rings is 1. The standard InChI is InChI=1S/C13H11ClN2OS/c1-18-12-5-3-2-4-11(12)16-13(17)9-6-7-15-8-10(9)14/h2-8H,1H3,(H,16,17). The number of halogens is 1. The molecule has 18 heavy (non-hydrogen) atoms. The Kier molecular flexibility index (Phi) is 4.23. The molecule has 5 heteroatoms. The van der Waals surface area contributed by atoms with E-state index < -0.39 is 0 Å². The minimum absolute atomic E-state index is 0.232. The molecule has 92 valence electrons. The molecule has 0 aliphatic heterocycles. The third-order valence-electron chi connectivity index (χ3n) is 2.37. The molecule has 1 aromatic carbocycles. The van der Waals surface area contributed by atoms with Crippen molar-refractivity contribution in [2.75, 3.05) is 11.6 Å². The van der Waals surface area contributed by atoms with Crippen molar-refractivity contribution in [1.29, 1.82) is 0 Å². The molecular weight excluding hydrogens is 268 g/mol. The SMILES string of the molecule is CSc1ccccc1NC(=O)c1ccncc1Cl. The minimum atomic E-state index is -0.232. The first-order chi connectivity index (χ1) is 8.72. The molecule has 1 heterocycles. The van der Waals surface area contributed by atoms with E-state index in [0.29, 0.717) is 10.6 Å². The van der Waals surface area contributed by atoms with Crippen LogP contribution < -0.4 is 5.32 Å². The number of para-hydroxylation sites is 1. The molecule has 0 aliphatic rings. The quantitative estimate of drug-likeness (QED) is 0.870. The lowest BCUT2D eigenvalue weighted by Crippen LogP contribution is -2.13. The number of rotatable bonds is 3. The zero-order valence-corrected chi connectivity index (χ0v) is 11.3. The molecule has 0 saturated heterocycles. The van der Waals surface area contributed by atoms with Crippen molar-refractivity contribution >= 4 is 35.0 Å². The van der Waals surface area contributed by atoms with Gasteiger partial charge in [-0.3, -0.25) is 9.78 Å². The second-order valence-electron chi connectivity index (χ2n) is 3.51. The van der Waals surface area contributed by atoms with Gasteiger partial charge in [-0.2, -0.15) is 0 Å². The van der Waals surface area contributed by atoms with E-state index in [2.05, 4.69) is 10.3 Å². The van der Waals surface area contributed by atoms with E-state index in [-0.39, 0.29) is 5.91 Å². The molecule has 2 aromatic rings. The Morgan fingerprint density at radius 2 is 2.11 bits per heavy atom. The molecule has 0 atom stereocenters. The third kappa shape index (κ3) is 2.83. The van der Waals surface area contributed by atoms with Crippen LogP contribution in [0, 0.1) is 0 Å². The summed E-state index contributed by atoms with van der Waals surface area (Å²) < 4.78 is 0. The molecule has 0 unspecified atom stereocenters. The fourth-order valence-corrected chi connectivity index (χ4v) is 2.26. The summed E-state index contributed by atoms with van der Waals surface area (Å²) in [5.41, 5.74) is 1.20. The van der Waals surface area contributed by atoms with Crippen LogP contribution in [-0.2, 0) is 0 Å². The molecule has 3 nitrogen and oxygen atoms in total. The van der Waals surface area contributed by atoms with Gasteiger partial charge in [0.05, 0.1) is 16.3 Å². The number of carbonyl (C=O) groups is 1. The van der Waals surface area contributed by atoms with Gasteiger partial charge in [-0.15, -0.1) is 11.8 Å². The molecule has 0 radical (unpaired) electrons. The van der Waals surface area contributed by atoms with Crippen molar-refractivity contribution in [3.8, 4) is 0 Å². The highest BCUT2D eigenvalue weighted by atomic mass is 35.5. The summed E-state index contributed by atoms with van der Waals surface area (Å²) in [6, 6.07) is 9.22. The van der Waals surface area contributed by atoms with Gasteiger partial charge in [-0.05, 0) is 24.5 Å². The molecule has 2 rings (SSSR count). The fraction of sp³-hybridized carbons (Fsp3) is 0.0769. The van der Waals surface area contributed by atoms with E-state index in [1.54, 1.807) is 24.0 Å². The van der Waals surface area contributed by atoms with Crippen LogP contribution in [0.1, 0.15) is 10.4 Å². The van der Waals surface area contributed by atoms with Gasteiger partial charge < -0.3 is 5.32 Å². The average molecular weight is 279 g/mol. The first-order valence-corrected chi connectivity index (χ1v) is 6.86. The summed E-state index contributed by atoms with van der Waals surface area (Å²) in [4.78, 5) is 16.9. The third-order valence-corrected chi connectivity index (χ3v) is 3.47. The van der Waals surface area contributed by atoms with Crippen molar-refractivity contribution in [1.82, 2.24) is 4.98 Å².